The highest BCUT2D eigenvalue weighted by Gasteiger charge is 2.42. The van der Waals surface area contributed by atoms with Crippen LogP contribution in [-0.2, 0) is 0 Å². The van der Waals surface area contributed by atoms with E-state index in [2.05, 4.69) is 30.3 Å². The summed E-state index contributed by atoms with van der Waals surface area (Å²) < 4.78 is 3.27. The van der Waals surface area contributed by atoms with Crippen molar-refractivity contribution in [1.82, 2.24) is 9.55 Å². The predicted octanol–water partition coefficient (Wildman–Crippen LogP) is 4.16. The summed E-state index contributed by atoms with van der Waals surface area (Å²) in [5, 5.41) is 0. The Balaban J connectivity index is 1.91. The Morgan fingerprint density at radius 2 is 2.06 bits per heavy atom. The Kier molecular flexibility index (Phi) is 2.69. The fourth-order valence-corrected chi connectivity index (χ4v) is 4.67. The molecule has 0 amide bonds. The molecule has 3 heteroatoms. The van der Waals surface area contributed by atoms with E-state index in [4.69, 9.17) is 12.2 Å². The van der Waals surface area contributed by atoms with Crippen LogP contribution in [0.3, 0.4) is 0 Å². The van der Waals surface area contributed by atoms with E-state index in [0.29, 0.717) is 6.04 Å². The van der Waals surface area contributed by atoms with Gasteiger partial charge < -0.3 is 9.55 Å². The highest BCUT2D eigenvalue weighted by molar-refractivity contribution is 7.71. The van der Waals surface area contributed by atoms with Crippen LogP contribution >= 0.6 is 12.2 Å². The topological polar surface area (TPSA) is 20.7 Å². The first-order valence-corrected chi connectivity index (χ1v) is 7.26. The molecule has 94 valence electrons. The second-order valence-electron chi connectivity index (χ2n) is 6.09. The smallest absolute Gasteiger partial charge is 0.177 e. The molecule has 1 aromatic heterocycles. The second-order valence-corrected chi connectivity index (χ2v) is 6.48. The summed E-state index contributed by atoms with van der Waals surface area (Å²) in [6.45, 7) is 6.67. The third kappa shape index (κ3) is 1.70. The van der Waals surface area contributed by atoms with Crippen LogP contribution in [0.25, 0.3) is 0 Å². The molecular formula is C14H22N2S. The monoisotopic (exact) mass is 250 g/mol. The summed E-state index contributed by atoms with van der Waals surface area (Å²) in [6.07, 6.45) is 5.84. The third-order valence-electron chi connectivity index (χ3n) is 5.24. The highest BCUT2D eigenvalue weighted by atomic mass is 32.1. The highest BCUT2D eigenvalue weighted by Crippen LogP contribution is 2.52. The van der Waals surface area contributed by atoms with Gasteiger partial charge in [0, 0.05) is 17.4 Å². The van der Waals surface area contributed by atoms with E-state index in [9.17, 15) is 0 Å². The molecule has 2 nitrogen and oxygen atoms in total. The number of nitrogens with zero attached hydrogens (tertiary/aromatic N) is 1. The number of aromatic nitrogens is 2. The second kappa shape index (κ2) is 3.98. The van der Waals surface area contributed by atoms with E-state index >= 15 is 0 Å². The van der Waals surface area contributed by atoms with Crippen molar-refractivity contribution in [2.75, 3.05) is 0 Å². The minimum atomic E-state index is 0.572. The number of aromatic amines is 1. The van der Waals surface area contributed by atoms with E-state index in [-0.39, 0.29) is 0 Å². The molecule has 2 aliphatic carbocycles. The zero-order chi connectivity index (χ0) is 12.2. The Hall–Kier alpha value is -0.570. The molecule has 0 unspecified atom stereocenters. The van der Waals surface area contributed by atoms with E-state index < -0.39 is 0 Å². The number of aryl methyl sites for hydroxylation is 1. The lowest BCUT2D eigenvalue weighted by Gasteiger charge is -2.29. The molecule has 1 N–H and O–H groups in total. The molecule has 0 radical (unpaired) electrons. The molecule has 0 saturated heterocycles. The summed E-state index contributed by atoms with van der Waals surface area (Å²) in [5.41, 5.74) is 2.55. The maximum atomic E-state index is 5.47. The first-order valence-electron chi connectivity index (χ1n) is 6.85. The fourth-order valence-electron chi connectivity index (χ4n) is 4.21. The molecule has 2 bridgehead atoms. The molecule has 0 aliphatic heterocycles. The maximum Gasteiger partial charge on any atom is 0.177 e. The average molecular weight is 250 g/mol. The van der Waals surface area contributed by atoms with Gasteiger partial charge in [-0.3, -0.25) is 0 Å². The van der Waals surface area contributed by atoms with Crippen molar-refractivity contribution in [3.8, 4) is 0 Å². The van der Waals surface area contributed by atoms with Gasteiger partial charge in [0.15, 0.2) is 4.77 Å². The van der Waals surface area contributed by atoms with Gasteiger partial charge in [-0.05, 0) is 70.0 Å². The molecule has 3 rings (SSSR count). The van der Waals surface area contributed by atoms with E-state index in [0.717, 1.165) is 22.5 Å². The van der Waals surface area contributed by atoms with Crippen molar-refractivity contribution in [3.63, 3.8) is 0 Å². The van der Waals surface area contributed by atoms with Gasteiger partial charge in [0.1, 0.15) is 0 Å². The zero-order valence-electron chi connectivity index (χ0n) is 11.0. The van der Waals surface area contributed by atoms with Crippen molar-refractivity contribution < 1.29 is 0 Å². The molecule has 17 heavy (non-hydrogen) atoms. The molecule has 2 aliphatic rings. The SMILES string of the molecule is Cc1[nH]c(=S)n([C@@H](C)[C@H]2C[C@H]3CC[C@H]2C3)c1C. The number of imidazole rings is 1. The van der Waals surface area contributed by atoms with Crippen LogP contribution in [0, 0.1) is 36.4 Å². The van der Waals surface area contributed by atoms with Crippen LogP contribution < -0.4 is 0 Å². The summed E-state index contributed by atoms with van der Waals surface area (Å²) in [7, 11) is 0. The van der Waals surface area contributed by atoms with E-state index in [1.807, 2.05) is 0 Å². The number of nitrogens with one attached hydrogen (secondary N) is 1. The predicted molar refractivity (Wildman–Crippen MR) is 72.7 cm³/mol. The number of rotatable bonds is 2. The van der Waals surface area contributed by atoms with Crippen molar-refractivity contribution in [2.24, 2.45) is 17.8 Å². The first-order chi connectivity index (χ1) is 8.08. The molecule has 2 fully saturated rings. The van der Waals surface area contributed by atoms with Gasteiger partial charge in [-0.1, -0.05) is 6.42 Å². The van der Waals surface area contributed by atoms with Gasteiger partial charge in [-0.15, -0.1) is 0 Å². The van der Waals surface area contributed by atoms with Gasteiger partial charge in [0.2, 0.25) is 0 Å². The van der Waals surface area contributed by atoms with Gasteiger partial charge in [0.25, 0.3) is 0 Å². The summed E-state index contributed by atoms with van der Waals surface area (Å²) >= 11 is 5.47. The molecular weight excluding hydrogens is 228 g/mol. The third-order valence-corrected chi connectivity index (χ3v) is 5.54. The number of fused-ring (bicyclic) bond motifs is 2. The Morgan fingerprint density at radius 1 is 1.29 bits per heavy atom. The van der Waals surface area contributed by atoms with Crippen LogP contribution in [0.4, 0.5) is 0 Å². The number of H-pyrrole nitrogens is 1. The molecule has 2 saturated carbocycles. The fraction of sp³-hybridized carbons (Fsp3) is 0.786. The normalized spacial score (nSPS) is 33.2. The quantitative estimate of drug-likeness (QED) is 0.782. The molecule has 4 atom stereocenters. The first kappa shape index (κ1) is 11.5. The van der Waals surface area contributed by atoms with Crippen LogP contribution in [0.15, 0.2) is 0 Å². The standard InChI is InChI=1S/C14H22N2S/c1-8-9(2)16(14(17)15-8)10(3)13-7-11-4-5-12(13)6-11/h10-13H,4-7H2,1-3H3,(H,15,17)/t10-,11-,12-,13+/m0/s1. The number of hydrogen-bond acceptors (Lipinski definition) is 1. The summed E-state index contributed by atoms with van der Waals surface area (Å²) in [4.78, 5) is 3.30. The van der Waals surface area contributed by atoms with Crippen molar-refractivity contribution >= 4 is 12.2 Å². The minimum Gasteiger partial charge on any atom is -0.335 e. The Labute approximate surface area is 108 Å². The van der Waals surface area contributed by atoms with Gasteiger partial charge in [-0.25, -0.2) is 0 Å². The van der Waals surface area contributed by atoms with Crippen LogP contribution in [0.1, 0.15) is 50.0 Å². The van der Waals surface area contributed by atoms with E-state index in [1.165, 1.54) is 37.1 Å². The summed E-state index contributed by atoms with van der Waals surface area (Å²) in [6, 6.07) is 0.572. The van der Waals surface area contributed by atoms with Crippen molar-refractivity contribution in [1.29, 1.82) is 0 Å². The molecule has 0 spiro atoms. The lowest BCUT2D eigenvalue weighted by molar-refractivity contribution is 0.239. The molecule has 0 aromatic carbocycles. The van der Waals surface area contributed by atoms with Crippen molar-refractivity contribution in [3.05, 3.63) is 16.2 Å². The number of hydrogen-bond donors (Lipinski definition) is 1. The zero-order valence-corrected chi connectivity index (χ0v) is 11.8. The van der Waals surface area contributed by atoms with Crippen LogP contribution in [-0.4, -0.2) is 9.55 Å². The van der Waals surface area contributed by atoms with Gasteiger partial charge in [-0.2, -0.15) is 0 Å². The van der Waals surface area contributed by atoms with E-state index in [1.54, 1.807) is 0 Å². The lowest BCUT2D eigenvalue weighted by atomic mass is 9.84. The summed E-state index contributed by atoms with van der Waals surface area (Å²) in [5.74, 6) is 2.84. The maximum absolute atomic E-state index is 5.47. The molecule has 1 aromatic rings. The minimum absolute atomic E-state index is 0.572. The van der Waals surface area contributed by atoms with Crippen molar-refractivity contribution in [2.45, 2.75) is 52.5 Å². The average Bonchev–Trinajstić information content (AvgIpc) is 2.94. The lowest BCUT2D eigenvalue weighted by Crippen LogP contribution is -2.22. The van der Waals surface area contributed by atoms with Gasteiger partial charge >= 0.3 is 0 Å². The Bertz CT molecular complexity index is 485. The largest absolute Gasteiger partial charge is 0.335 e. The molecule has 1 heterocycles. The van der Waals surface area contributed by atoms with Gasteiger partial charge in [0.05, 0.1) is 0 Å². The van der Waals surface area contributed by atoms with Crippen LogP contribution in [0.2, 0.25) is 0 Å². The Morgan fingerprint density at radius 3 is 2.53 bits per heavy atom. The van der Waals surface area contributed by atoms with Crippen LogP contribution in [0.5, 0.6) is 0 Å².